The van der Waals surface area contributed by atoms with Crippen LogP contribution in [0.25, 0.3) is 16.7 Å². The van der Waals surface area contributed by atoms with Crippen molar-refractivity contribution in [1.82, 2.24) is 20.3 Å². The van der Waals surface area contributed by atoms with Crippen LogP contribution in [0.2, 0.25) is 5.02 Å². The Morgan fingerprint density at radius 1 is 1.19 bits per heavy atom. The molecule has 5 heteroatoms. The molecule has 2 aromatic carbocycles. The number of nitrogens with zero attached hydrogens (tertiary/aromatic N) is 3. The largest absolute Gasteiger partial charge is 0.310 e. The highest BCUT2D eigenvalue weighted by molar-refractivity contribution is 6.31. The molecule has 0 atom stereocenters. The normalized spacial score (nSPS) is 14.7. The molecule has 0 bridgehead atoms. The minimum atomic E-state index is 0.681. The van der Waals surface area contributed by atoms with Crippen molar-refractivity contribution in [2.24, 2.45) is 0 Å². The molecule has 4 nitrogen and oxygen atoms in total. The molecule has 0 amide bonds. The summed E-state index contributed by atoms with van der Waals surface area (Å²) >= 11 is 6.40. The van der Waals surface area contributed by atoms with Gasteiger partial charge in [0.15, 0.2) is 0 Å². The van der Waals surface area contributed by atoms with Crippen LogP contribution >= 0.6 is 11.6 Å². The maximum absolute atomic E-state index is 6.40. The van der Waals surface area contributed by atoms with E-state index in [4.69, 9.17) is 11.6 Å². The van der Waals surface area contributed by atoms with Crippen molar-refractivity contribution >= 4 is 22.6 Å². The lowest BCUT2D eigenvalue weighted by molar-refractivity contribution is 0.687. The summed E-state index contributed by atoms with van der Waals surface area (Å²) in [7, 11) is 0. The van der Waals surface area contributed by atoms with Gasteiger partial charge in [0.1, 0.15) is 5.52 Å². The zero-order valence-electron chi connectivity index (χ0n) is 11.5. The van der Waals surface area contributed by atoms with Gasteiger partial charge in [0.25, 0.3) is 0 Å². The molecule has 1 N–H and O–H groups in total. The van der Waals surface area contributed by atoms with E-state index in [0.29, 0.717) is 6.04 Å². The summed E-state index contributed by atoms with van der Waals surface area (Å²) in [6.45, 7) is 0.821. The molecule has 1 aromatic heterocycles. The van der Waals surface area contributed by atoms with Crippen molar-refractivity contribution in [1.29, 1.82) is 0 Å². The first-order chi connectivity index (χ1) is 10.3. The van der Waals surface area contributed by atoms with Gasteiger partial charge in [-0.3, -0.25) is 0 Å². The van der Waals surface area contributed by atoms with Crippen LogP contribution in [-0.2, 0) is 6.54 Å². The van der Waals surface area contributed by atoms with E-state index in [-0.39, 0.29) is 0 Å². The van der Waals surface area contributed by atoms with Gasteiger partial charge in [-0.2, -0.15) is 0 Å². The van der Waals surface area contributed by atoms with E-state index < -0.39 is 0 Å². The molecule has 0 saturated heterocycles. The number of rotatable bonds is 4. The third kappa shape index (κ3) is 2.52. The summed E-state index contributed by atoms with van der Waals surface area (Å²) in [6, 6.07) is 14.6. The average Bonchev–Trinajstić information content (AvgIpc) is 3.23. The highest BCUT2D eigenvalue weighted by Crippen LogP contribution is 2.24. The third-order valence-corrected chi connectivity index (χ3v) is 4.14. The molecule has 1 fully saturated rings. The van der Waals surface area contributed by atoms with E-state index in [9.17, 15) is 0 Å². The summed E-state index contributed by atoms with van der Waals surface area (Å²) in [4.78, 5) is 0. The summed E-state index contributed by atoms with van der Waals surface area (Å²) in [5.41, 5.74) is 3.92. The van der Waals surface area contributed by atoms with Crippen molar-refractivity contribution in [2.75, 3.05) is 0 Å². The molecule has 0 aliphatic heterocycles. The molecule has 1 aliphatic carbocycles. The summed E-state index contributed by atoms with van der Waals surface area (Å²) in [5.74, 6) is 0. The van der Waals surface area contributed by atoms with Gasteiger partial charge in [-0.25, -0.2) is 4.68 Å². The van der Waals surface area contributed by atoms with Crippen LogP contribution in [0.1, 0.15) is 18.4 Å². The van der Waals surface area contributed by atoms with E-state index in [1.165, 1.54) is 12.8 Å². The first-order valence-corrected chi connectivity index (χ1v) is 7.52. The second kappa shape index (κ2) is 5.13. The summed E-state index contributed by atoms with van der Waals surface area (Å²) in [5, 5.41) is 12.6. The molecule has 0 spiro atoms. The zero-order valence-corrected chi connectivity index (χ0v) is 12.2. The SMILES string of the molecule is Clc1cc(-n2nnc3ccccc32)ccc1CNC1CC1. The smallest absolute Gasteiger partial charge is 0.113 e. The highest BCUT2D eigenvalue weighted by Gasteiger charge is 2.20. The molecule has 1 aliphatic rings. The Kier molecular flexibility index (Phi) is 3.13. The summed E-state index contributed by atoms with van der Waals surface area (Å²) in [6.07, 6.45) is 2.56. The summed E-state index contributed by atoms with van der Waals surface area (Å²) < 4.78 is 1.82. The molecule has 1 heterocycles. The maximum atomic E-state index is 6.40. The Hall–Kier alpha value is -1.91. The molecular weight excluding hydrogens is 284 g/mol. The number of hydrogen-bond acceptors (Lipinski definition) is 3. The van der Waals surface area contributed by atoms with Crippen LogP contribution in [0.3, 0.4) is 0 Å². The Morgan fingerprint density at radius 2 is 2.05 bits per heavy atom. The lowest BCUT2D eigenvalue weighted by Gasteiger charge is -2.08. The molecule has 0 unspecified atom stereocenters. The maximum Gasteiger partial charge on any atom is 0.113 e. The quantitative estimate of drug-likeness (QED) is 0.803. The van der Waals surface area contributed by atoms with E-state index in [1.54, 1.807) is 0 Å². The van der Waals surface area contributed by atoms with E-state index in [0.717, 1.165) is 33.9 Å². The van der Waals surface area contributed by atoms with Crippen molar-refractivity contribution in [3.8, 4) is 5.69 Å². The topological polar surface area (TPSA) is 42.7 Å². The predicted octanol–water partition coefficient (Wildman–Crippen LogP) is 3.33. The van der Waals surface area contributed by atoms with Gasteiger partial charge >= 0.3 is 0 Å². The van der Waals surface area contributed by atoms with Gasteiger partial charge < -0.3 is 5.32 Å². The van der Waals surface area contributed by atoms with Crippen molar-refractivity contribution in [2.45, 2.75) is 25.4 Å². The van der Waals surface area contributed by atoms with Gasteiger partial charge in [-0.15, -0.1) is 5.10 Å². The number of benzene rings is 2. The molecular formula is C16H15ClN4. The Bertz CT molecular complexity index is 792. The number of fused-ring (bicyclic) bond motifs is 1. The number of aromatic nitrogens is 3. The highest BCUT2D eigenvalue weighted by atomic mass is 35.5. The standard InChI is InChI=1S/C16H15ClN4/c17-14-9-13(8-5-11(14)10-18-12-6-7-12)21-16-4-2-1-3-15(16)19-20-21/h1-5,8-9,12,18H,6-7,10H2. The van der Waals surface area contributed by atoms with Crippen LogP contribution in [0.5, 0.6) is 0 Å². The van der Waals surface area contributed by atoms with Crippen LogP contribution in [0, 0.1) is 0 Å². The van der Waals surface area contributed by atoms with Crippen LogP contribution in [-0.4, -0.2) is 21.0 Å². The van der Waals surface area contributed by atoms with E-state index >= 15 is 0 Å². The zero-order chi connectivity index (χ0) is 14.2. The number of hydrogen-bond donors (Lipinski definition) is 1. The first kappa shape index (κ1) is 12.8. The van der Waals surface area contributed by atoms with Crippen LogP contribution in [0.15, 0.2) is 42.5 Å². The first-order valence-electron chi connectivity index (χ1n) is 7.14. The van der Waals surface area contributed by atoms with Crippen LogP contribution in [0.4, 0.5) is 0 Å². The van der Waals surface area contributed by atoms with Crippen molar-refractivity contribution < 1.29 is 0 Å². The molecule has 1 saturated carbocycles. The monoisotopic (exact) mass is 298 g/mol. The minimum Gasteiger partial charge on any atom is -0.310 e. The van der Waals surface area contributed by atoms with Gasteiger partial charge in [-0.05, 0) is 42.7 Å². The fourth-order valence-corrected chi connectivity index (χ4v) is 2.65. The Balaban J connectivity index is 1.67. The third-order valence-electron chi connectivity index (χ3n) is 3.79. The number of nitrogens with one attached hydrogen (secondary N) is 1. The Labute approximate surface area is 127 Å². The number of para-hydroxylation sites is 1. The van der Waals surface area contributed by atoms with Crippen molar-refractivity contribution in [3.63, 3.8) is 0 Å². The van der Waals surface area contributed by atoms with Gasteiger partial charge in [-0.1, -0.05) is 35.0 Å². The fraction of sp³-hybridized carbons (Fsp3) is 0.250. The second-order valence-corrected chi connectivity index (χ2v) is 5.83. The molecule has 0 radical (unpaired) electrons. The molecule has 106 valence electrons. The fourth-order valence-electron chi connectivity index (χ4n) is 2.41. The van der Waals surface area contributed by atoms with Crippen molar-refractivity contribution in [3.05, 3.63) is 53.1 Å². The van der Waals surface area contributed by atoms with Gasteiger partial charge in [0.05, 0.1) is 11.2 Å². The van der Waals surface area contributed by atoms with E-state index in [1.807, 2.05) is 41.1 Å². The van der Waals surface area contributed by atoms with Gasteiger partial charge in [0, 0.05) is 17.6 Å². The average molecular weight is 299 g/mol. The minimum absolute atomic E-state index is 0.681. The lowest BCUT2D eigenvalue weighted by atomic mass is 10.2. The van der Waals surface area contributed by atoms with Gasteiger partial charge in [0.2, 0.25) is 0 Å². The Morgan fingerprint density at radius 3 is 2.86 bits per heavy atom. The molecule has 21 heavy (non-hydrogen) atoms. The predicted molar refractivity (Wildman–Crippen MR) is 83.7 cm³/mol. The molecule has 4 rings (SSSR count). The molecule has 3 aromatic rings. The van der Waals surface area contributed by atoms with Crippen LogP contribution < -0.4 is 5.32 Å². The lowest BCUT2D eigenvalue weighted by Crippen LogP contribution is -2.15. The number of halogens is 1. The second-order valence-electron chi connectivity index (χ2n) is 5.42. The van der Waals surface area contributed by atoms with E-state index in [2.05, 4.69) is 21.7 Å².